The van der Waals surface area contributed by atoms with E-state index in [2.05, 4.69) is 120 Å². The number of fused-ring (bicyclic) bond motifs is 1. The summed E-state index contributed by atoms with van der Waals surface area (Å²) in [5, 5.41) is 1.24. The third-order valence-electron chi connectivity index (χ3n) is 7.30. The molecule has 4 heteroatoms. The number of hydrogen-bond donors (Lipinski definition) is 0. The first-order chi connectivity index (χ1) is 16.8. The van der Waals surface area contributed by atoms with E-state index in [4.69, 9.17) is 9.31 Å². The lowest BCUT2D eigenvalue weighted by Gasteiger charge is -2.32. The lowest BCUT2D eigenvalue weighted by molar-refractivity contribution is 0.00578. The van der Waals surface area contributed by atoms with Gasteiger partial charge < -0.3 is 9.31 Å². The van der Waals surface area contributed by atoms with Crippen LogP contribution in [0.3, 0.4) is 0 Å². The third kappa shape index (κ3) is 4.10. The van der Waals surface area contributed by atoms with Gasteiger partial charge in [0, 0.05) is 20.5 Å². The first-order valence-electron chi connectivity index (χ1n) is 12.1. The van der Waals surface area contributed by atoms with Gasteiger partial charge in [-0.2, -0.15) is 0 Å². The number of thiophene rings is 1. The standard InChI is InChI=1S/C31H31BO2S/c1-7-24(22-16-12-17-23(20-22)32-33-30(3,4)31(5,6)34-32)28-25(8-2)27-19-13-18-26(29(27)35-28)21-14-10-9-11-15-21/h7-20H,2H2,1,3-6H3/b24-7-. The minimum atomic E-state index is -0.385. The molecule has 0 saturated carbocycles. The smallest absolute Gasteiger partial charge is 0.399 e. The van der Waals surface area contributed by atoms with Crippen LogP contribution in [0.4, 0.5) is 0 Å². The van der Waals surface area contributed by atoms with Crippen molar-refractivity contribution in [1.82, 2.24) is 0 Å². The molecule has 0 amide bonds. The van der Waals surface area contributed by atoms with Crippen molar-refractivity contribution in [2.24, 2.45) is 0 Å². The molecule has 4 aromatic rings. The minimum Gasteiger partial charge on any atom is -0.399 e. The van der Waals surface area contributed by atoms with Crippen molar-refractivity contribution >= 4 is 45.7 Å². The Kier molecular flexibility index (Phi) is 6.08. The van der Waals surface area contributed by atoms with Crippen LogP contribution in [0.5, 0.6) is 0 Å². The van der Waals surface area contributed by atoms with Crippen molar-refractivity contribution in [3.05, 3.63) is 101 Å². The summed E-state index contributed by atoms with van der Waals surface area (Å²) in [5.41, 5.74) is 6.30. The highest BCUT2D eigenvalue weighted by atomic mass is 32.1. The molecular formula is C31H31BO2S. The Morgan fingerprint density at radius 1 is 0.886 bits per heavy atom. The van der Waals surface area contributed by atoms with Crippen LogP contribution in [-0.4, -0.2) is 18.3 Å². The number of benzene rings is 3. The number of hydrogen-bond acceptors (Lipinski definition) is 3. The predicted octanol–water partition coefficient (Wildman–Crippen LogP) is 7.96. The normalized spacial score (nSPS) is 17.2. The highest BCUT2D eigenvalue weighted by Gasteiger charge is 2.51. The Balaban J connectivity index is 1.60. The Labute approximate surface area is 213 Å². The van der Waals surface area contributed by atoms with Crippen LogP contribution in [0.1, 0.15) is 50.6 Å². The van der Waals surface area contributed by atoms with Gasteiger partial charge in [-0.1, -0.05) is 91.5 Å². The van der Waals surface area contributed by atoms with E-state index < -0.39 is 0 Å². The van der Waals surface area contributed by atoms with E-state index in [0.717, 1.165) is 11.0 Å². The maximum atomic E-state index is 6.33. The van der Waals surface area contributed by atoms with Gasteiger partial charge in [0.05, 0.1) is 11.2 Å². The zero-order valence-electron chi connectivity index (χ0n) is 21.1. The fourth-order valence-corrected chi connectivity index (χ4v) is 6.08. The minimum absolute atomic E-state index is 0.369. The van der Waals surface area contributed by atoms with Gasteiger partial charge >= 0.3 is 7.12 Å². The highest BCUT2D eigenvalue weighted by Crippen LogP contribution is 2.43. The summed E-state index contributed by atoms with van der Waals surface area (Å²) in [6.45, 7) is 14.6. The molecule has 0 aliphatic carbocycles. The lowest BCUT2D eigenvalue weighted by Crippen LogP contribution is -2.41. The SMILES string of the molecule is C=Cc1c(/C(=C\C)c2cccc(B3OC(C)(C)C(C)(C)O3)c2)sc2c(-c3ccccc3)cccc12. The van der Waals surface area contributed by atoms with E-state index in [1.807, 2.05) is 17.4 Å². The largest absolute Gasteiger partial charge is 0.494 e. The van der Waals surface area contributed by atoms with E-state index in [1.54, 1.807) is 0 Å². The van der Waals surface area contributed by atoms with Crippen LogP contribution in [0, 0.1) is 0 Å². The van der Waals surface area contributed by atoms with Crippen molar-refractivity contribution in [3.8, 4) is 11.1 Å². The lowest BCUT2D eigenvalue weighted by atomic mass is 9.77. The average molecular weight is 478 g/mol. The summed E-state index contributed by atoms with van der Waals surface area (Å²) in [5.74, 6) is 0. The molecule has 0 radical (unpaired) electrons. The van der Waals surface area contributed by atoms with Gasteiger partial charge in [-0.15, -0.1) is 11.3 Å². The summed E-state index contributed by atoms with van der Waals surface area (Å²) in [4.78, 5) is 1.23. The van der Waals surface area contributed by atoms with Crippen molar-refractivity contribution in [2.45, 2.75) is 45.8 Å². The molecule has 0 unspecified atom stereocenters. The molecule has 2 heterocycles. The van der Waals surface area contributed by atoms with Gasteiger partial charge in [-0.05, 0) is 62.3 Å². The number of rotatable bonds is 5. The van der Waals surface area contributed by atoms with Crippen molar-refractivity contribution in [3.63, 3.8) is 0 Å². The fourth-order valence-electron chi connectivity index (χ4n) is 4.65. The maximum Gasteiger partial charge on any atom is 0.494 e. The Morgan fingerprint density at radius 2 is 1.57 bits per heavy atom. The Hall–Kier alpha value is -2.92. The summed E-state index contributed by atoms with van der Waals surface area (Å²) < 4.78 is 13.9. The second-order valence-electron chi connectivity index (χ2n) is 10.0. The second-order valence-corrected chi connectivity index (χ2v) is 11.0. The molecule has 35 heavy (non-hydrogen) atoms. The topological polar surface area (TPSA) is 18.5 Å². The molecule has 1 fully saturated rings. The first-order valence-corrected chi connectivity index (χ1v) is 12.9. The molecule has 0 spiro atoms. The van der Waals surface area contributed by atoms with E-state index in [9.17, 15) is 0 Å². The molecule has 2 nitrogen and oxygen atoms in total. The molecule has 1 saturated heterocycles. The van der Waals surface area contributed by atoms with E-state index in [-0.39, 0.29) is 18.3 Å². The Morgan fingerprint density at radius 3 is 2.23 bits per heavy atom. The van der Waals surface area contributed by atoms with Crippen molar-refractivity contribution in [2.75, 3.05) is 0 Å². The van der Waals surface area contributed by atoms with Gasteiger partial charge in [-0.3, -0.25) is 0 Å². The fraction of sp³-hybridized carbons (Fsp3) is 0.226. The molecule has 1 aliphatic heterocycles. The van der Waals surface area contributed by atoms with Crippen molar-refractivity contribution in [1.29, 1.82) is 0 Å². The zero-order chi connectivity index (χ0) is 24.8. The summed E-state index contributed by atoms with van der Waals surface area (Å²) in [7, 11) is -0.385. The second kappa shape index (κ2) is 8.94. The average Bonchev–Trinajstić information content (AvgIpc) is 3.33. The van der Waals surface area contributed by atoms with Crippen molar-refractivity contribution < 1.29 is 9.31 Å². The van der Waals surface area contributed by atoms with Crippen LogP contribution in [0.25, 0.3) is 32.9 Å². The monoisotopic (exact) mass is 478 g/mol. The predicted molar refractivity (Wildman–Crippen MR) is 152 cm³/mol. The molecule has 1 aromatic heterocycles. The molecule has 176 valence electrons. The van der Waals surface area contributed by atoms with Gasteiger partial charge in [0.1, 0.15) is 0 Å². The molecule has 0 N–H and O–H groups in total. The first kappa shape index (κ1) is 23.8. The molecule has 1 aliphatic rings. The molecule has 0 atom stereocenters. The highest BCUT2D eigenvalue weighted by molar-refractivity contribution is 7.21. The quantitative estimate of drug-likeness (QED) is 0.271. The summed E-state index contributed by atoms with van der Waals surface area (Å²) in [6.07, 6.45) is 4.19. The summed E-state index contributed by atoms with van der Waals surface area (Å²) >= 11 is 1.83. The van der Waals surface area contributed by atoms with Gasteiger partial charge in [0.2, 0.25) is 0 Å². The van der Waals surface area contributed by atoms with Gasteiger partial charge in [-0.25, -0.2) is 0 Å². The van der Waals surface area contributed by atoms with Gasteiger partial charge in [0.15, 0.2) is 0 Å². The maximum absolute atomic E-state index is 6.33. The van der Waals surface area contributed by atoms with Gasteiger partial charge in [0.25, 0.3) is 0 Å². The Bertz CT molecular complexity index is 1410. The van der Waals surface area contributed by atoms with Crippen LogP contribution in [0.2, 0.25) is 0 Å². The van der Waals surface area contributed by atoms with Crippen LogP contribution in [-0.2, 0) is 9.31 Å². The third-order valence-corrected chi connectivity index (χ3v) is 8.59. The number of allylic oxidation sites excluding steroid dienone is 1. The molecule has 0 bridgehead atoms. The van der Waals surface area contributed by atoms with E-state index in [0.29, 0.717) is 0 Å². The van der Waals surface area contributed by atoms with E-state index in [1.165, 1.54) is 37.2 Å². The zero-order valence-corrected chi connectivity index (χ0v) is 21.9. The van der Waals surface area contributed by atoms with Crippen LogP contribution >= 0.6 is 11.3 Å². The van der Waals surface area contributed by atoms with Crippen LogP contribution in [0.15, 0.2) is 85.5 Å². The summed E-state index contributed by atoms with van der Waals surface area (Å²) in [6, 6.07) is 25.7. The van der Waals surface area contributed by atoms with Crippen LogP contribution < -0.4 is 5.46 Å². The van der Waals surface area contributed by atoms with E-state index >= 15 is 0 Å². The molecular weight excluding hydrogens is 447 g/mol. The molecule has 5 rings (SSSR count). The molecule has 3 aromatic carbocycles.